The van der Waals surface area contributed by atoms with Gasteiger partial charge >= 0.3 is 0 Å². The number of nitrogens with one attached hydrogen (secondary N) is 1. The third-order valence-corrected chi connectivity index (χ3v) is 4.57. The van der Waals surface area contributed by atoms with Crippen molar-refractivity contribution in [2.45, 2.75) is 31.7 Å². The first-order valence-corrected chi connectivity index (χ1v) is 8.29. The van der Waals surface area contributed by atoms with Crippen LogP contribution < -0.4 is 11.1 Å². The lowest BCUT2D eigenvalue weighted by atomic mass is 9.87. The summed E-state index contributed by atoms with van der Waals surface area (Å²) in [5, 5.41) is 3.16. The van der Waals surface area contributed by atoms with Crippen LogP contribution in [0, 0.1) is 0 Å². The molecule has 0 aliphatic heterocycles. The normalized spacial score (nSPS) is 15.5. The third kappa shape index (κ3) is 4.11. The van der Waals surface area contributed by atoms with E-state index in [9.17, 15) is 4.79 Å². The lowest BCUT2D eigenvalue weighted by Crippen LogP contribution is -2.32. The fourth-order valence-corrected chi connectivity index (χ4v) is 3.47. The van der Waals surface area contributed by atoms with E-state index in [0.717, 1.165) is 36.3 Å². The Morgan fingerprint density at radius 1 is 1.27 bits per heavy atom. The molecule has 0 bridgehead atoms. The zero-order chi connectivity index (χ0) is 16.5. The highest BCUT2D eigenvalue weighted by atomic mass is 35.5. The van der Waals surface area contributed by atoms with Gasteiger partial charge < -0.3 is 15.5 Å². The summed E-state index contributed by atoms with van der Waals surface area (Å²) < 4.78 is 1.93. The van der Waals surface area contributed by atoms with Gasteiger partial charge in [-0.2, -0.15) is 0 Å². The van der Waals surface area contributed by atoms with Gasteiger partial charge in [0.1, 0.15) is 5.65 Å². The quantitative estimate of drug-likeness (QED) is 0.669. The minimum absolute atomic E-state index is 0. The van der Waals surface area contributed by atoms with Gasteiger partial charge in [0.05, 0.1) is 18.2 Å². The number of amides is 1. The van der Waals surface area contributed by atoms with E-state index in [1.165, 1.54) is 11.1 Å². The highest BCUT2D eigenvalue weighted by Gasteiger charge is 2.22. The van der Waals surface area contributed by atoms with Crippen LogP contribution in [0.5, 0.6) is 0 Å². The number of benzene rings is 1. The molecule has 2 aromatic heterocycles. The van der Waals surface area contributed by atoms with Gasteiger partial charge in [0.25, 0.3) is 0 Å². The third-order valence-electron chi connectivity index (χ3n) is 4.57. The second-order valence-corrected chi connectivity index (χ2v) is 6.35. The molecule has 0 fully saturated rings. The van der Waals surface area contributed by atoms with Gasteiger partial charge in [0, 0.05) is 18.1 Å². The van der Waals surface area contributed by atoms with Gasteiger partial charge in [-0.25, -0.2) is 4.98 Å². The van der Waals surface area contributed by atoms with E-state index < -0.39 is 0 Å². The van der Waals surface area contributed by atoms with Crippen molar-refractivity contribution in [3.8, 4) is 0 Å². The number of pyridine rings is 1. The standard InChI is InChI=1S/C19H20N4O.2ClH/c20-14-7-8-16-13(10-14)4-3-5-17(16)22-19(24)11-15-12-23-9-2-1-6-18(23)21-15;;/h1-2,6-10,12,17H,3-5,11,20H2,(H,22,24);2*1H. The SMILES string of the molecule is Cl.Cl.Nc1ccc2c(c1)CCCC2NC(=O)Cc1cn2ccccc2n1. The predicted octanol–water partition coefficient (Wildman–Crippen LogP) is 3.50. The molecular weight excluding hydrogens is 371 g/mol. The Hall–Kier alpha value is -2.24. The van der Waals surface area contributed by atoms with Crippen LogP contribution in [0.1, 0.15) is 35.7 Å². The van der Waals surface area contributed by atoms with E-state index in [4.69, 9.17) is 5.73 Å². The summed E-state index contributed by atoms with van der Waals surface area (Å²) in [7, 11) is 0. The molecule has 0 radical (unpaired) electrons. The number of aryl methyl sites for hydroxylation is 1. The maximum Gasteiger partial charge on any atom is 0.226 e. The van der Waals surface area contributed by atoms with E-state index in [-0.39, 0.29) is 36.8 Å². The monoisotopic (exact) mass is 392 g/mol. The number of hydrogen-bond donors (Lipinski definition) is 2. The van der Waals surface area contributed by atoms with Crippen LogP contribution in [0.25, 0.3) is 5.65 Å². The largest absolute Gasteiger partial charge is 0.399 e. The number of halogens is 2. The van der Waals surface area contributed by atoms with Crippen LogP contribution in [-0.4, -0.2) is 15.3 Å². The topological polar surface area (TPSA) is 72.4 Å². The lowest BCUT2D eigenvalue weighted by Gasteiger charge is -2.26. The molecule has 1 aromatic carbocycles. The Kier molecular flexibility index (Phi) is 6.51. The Morgan fingerprint density at radius 2 is 2.12 bits per heavy atom. The molecule has 26 heavy (non-hydrogen) atoms. The molecule has 1 atom stereocenters. The number of rotatable bonds is 3. The first kappa shape index (κ1) is 20.1. The maximum absolute atomic E-state index is 12.4. The molecule has 5 nitrogen and oxygen atoms in total. The molecule has 4 rings (SSSR count). The number of carbonyl (C=O) groups is 1. The van der Waals surface area contributed by atoms with Gasteiger partial charge in [0.2, 0.25) is 5.91 Å². The summed E-state index contributed by atoms with van der Waals surface area (Å²) in [6.45, 7) is 0. The van der Waals surface area contributed by atoms with E-state index >= 15 is 0 Å². The van der Waals surface area contributed by atoms with E-state index in [1.54, 1.807) is 0 Å². The molecule has 0 spiro atoms. The highest BCUT2D eigenvalue weighted by molar-refractivity contribution is 5.85. The summed E-state index contributed by atoms with van der Waals surface area (Å²) in [6, 6.07) is 11.9. The van der Waals surface area contributed by atoms with E-state index in [1.807, 2.05) is 53.2 Å². The summed E-state index contributed by atoms with van der Waals surface area (Å²) in [5.41, 5.74) is 10.7. The fourth-order valence-electron chi connectivity index (χ4n) is 3.47. The van der Waals surface area contributed by atoms with Gasteiger partial charge in [-0.15, -0.1) is 24.8 Å². The van der Waals surface area contributed by atoms with Crippen molar-refractivity contribution in [1.82, 2.24) is 14.7 Å². The van der Waals surface area contributed by atoms with Crippen molar-refractivity contribution in [2.24, 2.45) is 0 Å². The Bertz CT molecular complexity index is 876. The first-order valence-electron chi connectivity index (χ1n) is 8.29. The van der Waals surface area contributed by atoms with Crippen molar-refractivity contribution < 1.29 is 4.79 Å². The Morgan fingerprint density at radius 3 is 2.92 bits per heavy atom. The molecular formula is C19H22Cl2N4O. The number of carbonyl (C=O) groups excluding carboxylic acids is 1. The van der Waals surface area contributed by atoms with Gasteiger partial charge in [-0.1, -0.05) is 12.1 Å². The average molecular weight is 393 g/mol. The molecule has 2 heterocycles. The highest BCUT2D eigenvalue weighted by Crippen LogP contribution is 2.31. The molecule has 1 aliphatic rings. The summed E-state index contributed by atoms with van der Waals surface area (Å²) in [5.74, 6) is 0.00748. The van der Waals surface area contributed by atoms with E-state index in [2.05, 4.69) is 10.3 Å². The van der Waals surface area contributed by atoms with Crippen molar-refractivity contribution >= 4 is 42.1 Å². The summed E-state index contributed by atoms with van der Waals surface area (Å²) in [6.07, 6.45) is 7.20. The van der Waals surface area contributed by atoms with Gasteiger partial charge in [-0.05, 0) is 54.7 Å². The van der Waals surface area contributed by atoms with Crippen LogP contribution in [0.15, 0.2) is 48.8 Å². The molecule has 0 saturated carbocycles. The fraction of sp³-hybridized carbons (Fsp3) is 0.263. The minimum atomic E-state index is 0. The van der Waals surface area contributed by atoms with Crippen LogP contribution in [-0.2, 0) is 17.6 Å². The smallest absolute Gasteiger partial charge is 0.226 e. The second kappa shape index (κ2) is 8.43. The maximum atomic E-state index is 12.4. The number of imidazole rings is 1. The zero-order valence-corrected chi connectivity index (χ0v) is 15.9. The first-order chi connectivity index (χ1) is 11.7. The molecule has 3 N–H and O–H groups in total. The number of anilines is 1. The molecule has 1 aliphatic carbocycles. The number of aromatic nitrogens is 2. The molecule has 138 valence electrons. The number of nitrogens with zero attached hydrogens (tertiary/aromatic N) is 2. The second-order valence-electron chi connectivity index (χ2n) is 6.35. The summed E-state index contributed by atoms with van der Waals surface area (Å²) in [4.78, 5) is 16.9. The van der Waals surface area contributed by atoms with Crippen molar-refractivity contribution in [3.05, 3.63) is 65.6 Å². The predicted molar refractivity (Wildman–Crippen MR) is 108 cm³/mol. The van der Waals surface area contributed by atoms with Crippen molar-refractivity contribution in [3.63, 3.8) is 0 Å². The minimum Gasteiger partial charge on any atom is -0.399 e. The number of hydrogen-bond acceptors (Lipinski definition) is 3. The molecule has 1 unspecified atom stereocenters. The van der Waals surface area contributed by atoms with Crippen LogP contribution in [0.2, 0.25) is 0 Å². The number of nitrogens with two attached hydrogens (primary N) is 1. The Labute approximate surface area is 164 Å². The number of nitrogen functional groups attached to an aromatic ring is 1. The molecule has 0 saturated heterocycles. The van der Waals surface area contributed by atoms with Crippen molar-refractivity contribution in [1.29, 1.82) is 0 Å². The molecule has 7 heteroatoms. The number of fused-ring (bicyclic) bond motifs is 2. The summed E-state index contributed by atoms with van der Waals surface area (Å²) >= 11 is 0. The molecule has 3 aromatic rings. The van der Waals surface area contributed by atoms with Crippen LogP contribution in [0.4, 0.5) is 5.69 Å². The van der Waals surface area contributed by atoms with Gasteiger partial charge in [-0.3, -0.25) is 4.79 Å². The van der Waals surface area contributed by atoms with Gasteiger partial charge in [0.15, 0.2) is 0 Å². The zero-order valence-electron chi connectivity index (χ0n) is 14.2. The average Bonchev–Trinajstić information content (AvgIpc) is 2.96. The lowest BCUT2D eigenvalue weighted by molar-refractivity contribution is -0.121. The van der Waals surface area contributed by atoms with Crippen LogP contribution >= 0.6 is 24.8 Å². The molecule has 1 amide bonds. The van der Waals surface area contributed by atoms with Crippen molar-refractivity contribution in [2.75, 3.05) is 5.73 Å². The van der Waals surface area contributed by atoms with E-state index in [0.29, 0.717) is 6.42 Å². The Balaban J connectivity index is 0.00000121. The van der Waals surface area contributed by atoms with Crippen LogP contribution in [0.3, 0.4) is 0 Å².